The van der Waals surface area contributed by atoms with E-state index in [1.165, 1.54) is 11.3 Å². The third-order valence-corrected chi connectivity index (χ3v) is 6.92. The van der Waals surface area contributed by atoms with Gasteiger partial charge in [0.15, 0.2) is 0 Å². The Morgan fingerprint density at radius 1 is 1.31 bits per heavy atom. The molecule has 1 aliphatic rings. The standard InChI is InChI=1S/C17H21N3O3S2.ClH/c1-13-12-18-8-9-20(13)16(21)11-14-4-6-15(7-5-14)19-25(22,23)17-3-2-10-24-17;/h2-7,10,13,18-19H,8-9,11-12H2,1H3;1H/t13-;/m0./s1. The van der Waals surface area contributed by atoms with E-state index in [1.807, 2.05) is 11.8 Å². The highest BCUT2D eigenvalue weighted by Crippen LogP contribution is 2.20. The van der Waals surface area contributed by atoms with Crippen LogP contribution in [-0.2, 0) is 21.2 Å². The topological polar surface area (TPSA) is 78.5 Å². The summed E-state index contributed by atoms with van der Waals surface area (Å²) in [6.07, 6.45) is 0.322. The predicted molar refractivity (Wildman–Crippen MR) is 107 cm³/mol. The molecule has 1 amide bonds. The predicted octanol–water partition coefficient (Wildman–Crippen LogP) is 2.33. The normalized spacial score (nSPS) is 17.4. The lowest BCUT2D eigenvalue weighted by molar-refractivity contribution is -0.133. The number of thiophene rings is 1. The zero-order valence-corrected chi connectivity index (χ0v) is 16.8. The number of nitrogens with one attached hydrogen (secondary N) is 2. The van der Waals surface area contributed by atoms with Crippen LogP contribution in [0.3, 0.4) is 0 Å². The Hall–Kier alpha value is -1.61. The Morgan fingerprint density at radius 3 is 2.65 bits per heavy atom. The molecule has 0 saturated carbocycles. The van der Waals surface area contributed by atoms with Gasteiger partial charge in [-0.25, -0.2) is 8.42 Å². The van der Waals surface area contributed by atoms with E-state index in [0.717, 1.165) is 25.2 Å². The number of piperazine rings is 1. The number of benzene rings is 1. The first-order chi connectivity index (χ1) is 12.0. The van der Waals surface area contributed by atoms with Gasteiger partial charge in [-0.15, -0.1) is 23.7 Å². The van der Waals surface area contributed by atoms with E-state index in [-0.39, 0.29) is 28.6 Å². The first-order valence-corrected chi connectivity index (χ1v) is 10.5. The van der Waals surface area contributed by atoms with Gasteiger partial charge in [0.2, 0.25) is 5.91 Å². The molecule has 0 unspecified atom stereocenters. The van der Waals surface area contributed by atoms with Crippen LogP contribution in [0.2, 0.25) is 0 Å². The van der Waals surface area contributed by atoms with Crippen molar-refractivity contribution in [2.24, 2.45) is 0 Å². The number of rotatable bonds is 5. The average Bonchev–Trinajstić information content (AvgIpc) is 3.12. The second-order valence-electron chi connectivity index (χ2n) is 6.05. The lowest BCUT2D eigenvalue weighted by Gasteiger charge is -2.34. The smallest absolute Gasteiger partial charge is 0.271 e. The van der Waals surface area contributed by atoms with E-state index in [2.05, 4.69) is 10.0 Å². The van der Waals surface area contributed by atoms with Gasteiger partial charge in [0.05, 0.1) is 6.42 Å². The fourth-order valence-corrected chi connectivity index (χ4v) is 4.85. The highest BCUT2D eigenvalue weighted by molar-refractivity contribution is 7.94. The molecule has 1 aliphatic heterocycles. The zero-order chi connectivity index (χ0) is 17.9. The van der Waals surface area contributed by atoms with Gasteiger partial charge in [-0.1, -0.05) is 18.2 Å². The van der Waals surface area contributed by atoms with Crippen LogP contribution in [0.1, 0.15) is 12.5 Å². The van der Waals surface area contributed by atoms with Crippen LogP contribution >= 0.6 is 23.7 Å². The van der Waals surface area contributed by atoms with E-state index in [9.17, 15) is 13.2 Å². The molecule has 0 radical (unpaired) electrons. The van der Waals surface area contributed by atoms with Gasteiger partial charge >= 0.3 is 0 Å². The maximum absolute atomic E-state index is 12.4. The molecule has 1 aromatic heterocycles. The van der Waals surface area contributed by atoms with Crippen molar-refractivity contribution in [3.63, 3.8) is 0 Å². The second kappa shape index (κ2) is 8.85. The van der Waals surface area contributed by atoms with Gasteiger partial charge in [-0.05, 0) is 36.1 Å². The minimum absolute atomic E-state index is 0. The van der Waals surface area contributed by atoms with Crippen molar-refractivity contribution in [1.82, 2.24) is 10.2 Å². The monoisotopic (exact) mass is 415 g/mol. The van der Waals surface area contributed by atoms with Crippen molar-refractivity contribution in [3.8, 4) is 0 Å². The molecule has 0 aliphatic carbocycles. The van der Waals surface area contributed by atoms with Crippen LogP contribution in [0.25, 0.3) is 0 Å². The van der Waals surface area contributed by atoms with E-state index in [1.54, 1.807) is 41.8 Å². The van der Waals surface area contributed by atoms with Crippen LogP contribution in [0.15, 0.2) is 46.0 Å². The number of halogens is 1. The Morgan fingerprint density at radius 2 is 2.04 bits per heavy atom. The first kappa shape index (κ1) is 20.7. The van der Waals surface area contributed by atoms with Crippen LogP contribution in [0, 0.1) is 0 Å². The average molecular weight is 416 g/mol. The lowest BCUT2D eigenvalue weighted by Crippen LogP contribution is -2.52. The molecule has 3 rings (SSSR count). The number of hydrogen-bond donors (Lipinski definition) is 2. The van der Waals surface area contributed by atoms with Crippen molar-refractivity contribution >= 4 is 45.4 Å². The Balaban J connectivity index is 0.00000243. The minimum Gasteiger partial charge on any atom is -0.337 e. The molecule has 2 N–H and O–H groups in total. The molecule has 2 heterocycles. The van der Waals surface area contributed by atoms with Crippen LogP contribution in [0.4, 0.5) is 5.69 Å². The molecule has 26 heavy (non-hydrogen) atoms. The number of amides is 1. The molecule has 0 bridgehead atoms. The molecule has 1 saturated heterocycles. The fourth-order valence-electron chi connectivity index (χ4n) is 2.80. The van der Waals surface area contributed by atoms with E-state index in [0.29, 0.717) is 12.1 Å². The summed E-state index contributed by atoms with van der Waals surface area (Å²) in [6, 6.07) is 10.4. The van der Waals surface area contributed by atoms with E-state index < -0.39 is 10.0 Å². The number of carbonyl (C=O) groups is 1. The first-order valence-electron chi connectivity index (χ1n) is 8.11. The number of carbonyl (C=O) groups excluding carboxylic acids is 1. The highest BCUT2D eigenvalue weighted by Gasteiger charge is 2.22. The summed E-state index contributed by atoms with van der Waals surface area (Å²) < 4.78 is 27.2. The highest BCUT2D eigenvalue weighted by atomic mass is 35.5. The summed E-state index contributed by atoms with van der Waals surface area (Å²) in [6.45, 7) is 4.39. The zero-order valence-electron chi connectivity index (χ0n) is 14.3. The number of anilines is 1. The van der Waals surface area contributed by atoms with E-state index >= 15 is 0 Å². The maximum Gasteiger partial charge on any atom is 0.271 e. The van der Waals surface area contributed by atoms with Crippen molar-refractivity contribution in [2.45, 2.75) is 23.6 Å². The molecular weight excluding hydrogens is 394 g/mol. The fraction of sp³-hybridized carbons (Fsp3) is 0.353. The molecule has 1 aromatic carbocycles. The molecule has 9 heteroatoms. The minimum atomic E-state index is -3.54. The van der Waals surface area contributed by atoms with Crippen LogP contribution in [-0.4, -0.2) is 44.9 Å². The summed E-state index contributed by atoms with van der Waals surface area (Å²) >= 11 is 1.17. The SMILES string of the molecule is C[C@H]1CNCCN1C(=O)Cc1ccc(NS(=O)(=O)c2cccs2)cc1.Cl. The molecule has 1 atom stereocenters. The molecular formula is C17H22ClN3O3S2. The Bertz CT molecular complexity index is 823. The van der Waals surface area contributed by atoms with Crippen molar-refractivity contribution in [2.75, 3.05) is 24.4 Å². The van der Waals surface area contributed by atoms with Gasteiger partial charge < -0.3 is 10.2 Å². The van der Waals surface area contributed by atoms with Gasteiger partial charge in [-0.3, -0.25) is 9.52 Å². The molecule has 142 valence electrons. The van der Waals surface area contributed by atoms with Crippen molar-refractivity contribution in [1.29, 1.82) is 0 Å². The maximum atomic E-state index is 12.4. The van der Waals surface area contributed by atoms with Gasteiger partial charge in [-0.2, -0.15) is 0 Å². The Kier molecular flexibility index (Phi) is 7.05. The van der Waals surface area contributed by atoms with E-state index in [4.69, 9.17) is 0 Å². The quantitative estimate of drug-likeness (QED) is 0.785. The van der Waals surface area contributed by atoms with Gasteiger partial charge in [0, 0.05) is 31.4 Å². The number of nitrogens with zero attached hydrogens (tertiary/aromatic N) is 1. The summed E-state index contributed by atoms with van der Waals surface area (Å²) in [5, 5.41) is 4.99. The Labute approximate surface area is 164 Å². The number of hydrogen-bond acceptors (Lipinski definition) is 5. The third-order valence-electron chi connectivity index (χ3n) is 4.14. The van der Waals surface area contributed by atoms with Crippen molar-refractivity contribution < 1.29 is 13.2 Å². The van der Waals surface area contributed by atoms with Gasteiger partial charge in [0.1, 0.15) is 4.21 Å². The summed E-state index contributed by atoms with van der Waals surface area (Å²) in [5.41, 5.74) is 1.36. The summed E-state index contributed by atoms with van der Waals surface area (Å²) in [5.74, 6) is 0.0981. The molecule has 1 fully saturated rings. The number of sulfonamides is 1. The lowest BCUT2D eigenvalue weighted by atomic mass is 10.1. The summed E-state index contributed by atoms with van der Waals surface area (Å²) in [4.78, 5) is 14.3. The van der Waals surface area contributed by atoms with Gasteiger partial charge in [0.25, 0.3) is 10.0 Å². The summed E-state index contributed by atoms with van der Waals surface area (Å²) in [7, 11) is -3.54. The second-order valence-corrected chi connectivity index (χ2v) is 8.91. The van der Waals surface area contributed by atoms with Crippen LogP contribution < -0.4 is 10.0 Å². The third kappa shape index (κ3) is 4.97. The molecule has 2 aromatic rings. The van der Waals surface area contributed by atoms with Crippen molar-refractivity contribution in [3.05, 3.63) is 47.3 Å². The largest absolute Gasteiger partial charge is 0.337 e. The van der Waals surface area contributed by atoms with Crippen LogP contribution in [0.5, 0.6) is 0 Å². The molecule has 6 nitrogen and oxygen atoms in total. The molecule has 0 spiro atoms.